The Morgan fingerprint density at radius 3 is 2.67 bits per heavy atom. The van der Waals surface area contributed by atoms with Gasteiger partial charge in [-0.2, -0.15) is 0 Å². The summed E-state index contributed by atoms with van der Waals surface area (Å²) >= 11 is 3.53. The van der Waals surface area contributed by atoms with E-state index in [0.717, 1.165) is 54.3 Å². The third-order valence-electron chi connectivity index (χ3n) is 2.97. The van der Waals surface area contributed by atoms with Gasteiger partial charge in [-0.1, -0.05) is 13.3 Å². The summed E-state index contributed by atoms with van der Waals surface area (Å²) in [5.41, 5.74) is 1.15. The number of unbranched alkanes of at least 4 members (excludes halogenated alkanes) is 1. The van der Waals surface area contributed by atoms with E-state index in [0.29, 0.717) is 6.61 Å². The van der Waals surface area contributed by atoms with Gasteiger partial charge < -0.3 is 19.5 Å². The summed E-state index contributed by atoms with van der Waals surface area (Å²) in [6.07, 6.45) is 2.30. The topological polar surface area (TPSA) is 39.7 Å². The molecule has 0 aliphatic carbocycles. The Balaban J connectivity index is 2.43. The monoisotopic (exact) mass is 359 g/mol. The predicted molar refractivity (Wildman–Crippen MR) is 89.3 cm³/mol. The van der Waals surface area contributed by atoms with E-state index < -0.39 is 0 Å². The number of benzene rings is 1. The number of hydrogen-bond donors (Lipinski definition) is 1. The van der Waals surface area contributed by atoms with Gasteiger partial charge in [-0.15, -0.1) is 0 Å². The van der Waals surface area contributed by atoms with Gasteiger partial charge in [0.05, 0.1) is 24.8 Å². The van der Waals surface area contributed by atoms with Crippen molar-refractivity contribution in [2.45, 2.75) is 33.2 Å². The second-order valence-corrected chi connectivity index (χ2v) is 5.54. The molecular weight excluding hydrogens is 334 g/mol. The molecule has 0 fully saturated rings. The van der Waals surface area contributed by atoms with E-state index in [1.54, 1.807) is 7.11 Å². The zero-order valence-electron chi connectivity index (χ0n) is 13.2. The molecule has 1 aromatic carbocycles. The summed E-state index contributed by atoms with van der Waals surface area (Å²) in [6, 6.07) is 4.05. The Bertz CT molecular complexity index is 413. The van der Waals surface area contributed by atoms with Crippen LogP contribution < -0.4 is 14.8 Å². The predicted octanol–water partition coefficient (Wildman–Crippen LogP) is 3.76. The molecule has 1 N–H and O–H groups in total. The molecule has 0 aliphatic rings. The van der Waals surface area contributed by atoms with Crippen LogP contribution in [0.1, 0.15) is 32.3 Å². The third-order valence-corrected chi connectivity index (χ3v) is 3.56. The van der Waals surface area contributed by atoms with Crippen molar-refractivity contribution >= 4 is 15.9 Å². The maximum Gasteiger partial charge on any atom is 0.175 e. The number of halogens is 1. The van der Waals surface area contributed by atoms with Gasteiger partial charge in [0.1, 0.15) is 0 Å². The molecule has 4 nitrogen and oxygen atoms in total. The number of hydrogen-bond acceptors (Lipinski definition) is 4. The molecule has 0 radical (unpaired) electrons. The molecule has 0 unspecified atom stereocenters. The molecule has 5 heteroatoms. The fourth-order valence-electron chi connectivity index (χ4n) is 1.89. The molecule has 21 heavy (non-hydrogen) atoms. The molecule has 0 amide bonds. The lowest BCUT2D eigenvalue weighted by Gasteiger charge is -2.14. The van der Waals surface area contributed by atoms with Crippen LogP contribution in [0.3, 0.4) is 0 Å². The highest BCUT2D eigenvalue weighted by Crippen LogP contribution is 2.36. The third kappa shape index (κ3) is 6.68. The Morgan fingerprint density at radius 1 is 1.19 bits per heavy atom. The van der Waals surface area contributed by atoms with E-state index in [1.807, 2.05) is 13.0 Å². The van der Waals surface area contributed by atoms with Crippen LogP contribution >= 0.6 is 15.9 Å². The van der Waals surface area contributed by atoms with Crippen LogP contribution in [0.2, 0.25) is 0 Å². The van der Waals surface area contributed by atoms with Gasteiger partial charge in [0, 0.05) is 19.7 Å². The first-order valence-corrected chi connectivity index (χ1v) is 8.29. The van der Waals surface area contributed by atoms with Crippen LogP contribution in [-0.2, 0) is 11.3 Å². The highest BCUT2D eigenvalue weighted by molar-refractivity contribution is 9.10. The van der Waals surface area contributed by atoms with Crippen LogP contribution in [0.15, 0.2) is 16.6 Å². The van der Waals surface area contributed by atoms with E-state index >= 15 is 0 Å². The second-order valence-electron chi connectivity index (χ2n) is 4.68. The summed E-state index contributed by atoms with van der Waals surface area (Å²) in [5.74, 6) is 1.51. The molecule has 1 aromatic rings. The number of rotatable bonds is 11. The fourth-order valence-corrected chi connectivity index (χ4v) is 2.49. The van der Waals surface area contributed by atoms with E-state index in [-0.39, 0.29) is 0 Å². The SMILES string of the molecule is CCCCOCCNCc1cc(Br)c(OCC)c(OC)c1. The van der Waals surface area contributed by atoms with Gasteiger partial charge in [-0.3, -0.25) is 0 Å². The van der Waals surface area contributed by atoms with Crippen LogP contribution in [0, 0.1) is 0 Å². The van der Waals surface area contributed by atoms with Crippen molar-refractivity contribution in [1.82, 2.24) is 5.32 Å². The average molecular weight is 360 g/mol. The first-order chi connectivity index (χ1) is 10.2. The van der Waals surface area contributed by atoms with E-state index in [9.17, 15) is 0 Å². The van der Waals surface area contributed by atoms with Gasteiger partial charge in [0.25, 0.3) is 0 Å². The lowest BCUT2D eigenvalue weighted by Crippen LogP contribution is -2.19. The zero-order valence-corrected chi connectivity index (χ0v) is 14.8. The van der Waals surface area contributed by atoms with Crippen molar-refractivity contribution in [3.63, 3.8) is 0 Å². The number of ether oxygens (including phenoxy) is 3. The lowest BCUT2D eigenvalue weighted by molar-refractivity contribution is 0.133. The normalized spacial score (nSPS) is 10.7. The van der Waals surface area contributed by atoms with Crippen molar-refractivity contribution in [3.05, 3.63) is 22.2 Å². The zero-order chi connectivity index (χ0) is 15.5. The van der Waals surface area contributed by atoms with Crippen molar-refractivity contribution in [2.75, 3.05) is 33.5 Å². The van der Waals surface area contributed by atoms with Crippen molar-refractivity contribution < 1.29 is 14.2 Å². The standard InChI is InChI=1S/C16H26BrNO3/c1-4-6-8-20-9-7-18-12-13-10-14(17)16(21-5-2)15(11-13)19-3/h10-11,18H,4-9,12H2,1-3H3. The molecule has 0 spiro atoms. The number of nitrogens with one attached hydrogen (secondary N) is 1. The lowest BCUT2D eigenvalue weighted by atomic mass is 10.2. The molecular formula is C16H26BrNO3. The Labute approximate surface area is 136 Å². The quantitative estimate of drug-likeness (QED) is 0.610. The van der Waals surface area contributed by atoms with Crippen LogP contribution in [0.5, 0.6) is 11.5 Å². The fraction of sp³-hybridized carbons (Fsp3) is 0.625. The van der Waals surface area contributed by atoms with E-state index in [4.69, 9.17) is 14.2 Å². The van der Waals surface area contributed by atoms with Gasteiger partial charge in [-0.25, -0.2) is 0 Å². The van der Waals surface area contributed by atoms with Crippen molar-refractivity contribution in [2.24, 2.45) is 0 Å². The molecule has 0 saturated carbocycles. The highest BCUT2D eigenvalue weighted by atomic mass is 79.9. The second kappa shape index (κ2) is 10.9. The van der Waals surface area contributed by atoms with Gasteiger partial charge >= 0.3 is 0 Å². The largest absolute Gasteiger partial charge is 0.493 e. The molecule has 0 aromatic heterocycles. The minimum atomic E-state index is 0.613. The summed E-state index contributed by atoms with van der Waals surface area (Å²) < 4.78 is 17.4. The van der Waals surface area contributed by atoms with Gasteiger partial charge in [0.2, 0.25) is 0 Å². The summed E-state index contributed by atoms with van der Waals surface area (Å²) in [6.45, 7) is 7.95. The maximum atomic E-state index is 5.58. The first kappa shape index (κ1) is 18.3. The summed E-state index contributed by atoms with van der Waals surface area (Å²) in [4.78, 5) is 0. The number of methoxy groups -OCH3 is 1. The van der Waals surface area contributed by atoms with E-state index in [1.165, 1.54) is 6.42 Å². The smallest absolute Gasteiger partial charge is 0.175 e. The maximum absolute atomic E-state index is 5.58. The molecule has 0 aliphatic heterocycles. The minimum absolute atomic E-state index is 0.613. The van der Waals surface area contributed by atoms with Crippen molar-refractivity contribution in [3.8, 4) is 11.5 Å². The Hall–Kier alpha value is -0.780. The van der Waals surface area contributed by atoms with Crippen molar-refractivity contribution in [1.29, 1.82) is 0 Å². The Morgan fingerprint density at radius 2 is 2.00 bits per heavy atom. The van der Waals surface area contributed by atoms with Crippen LogP contribution in [0.4, 0.5) is 0 Å². The average Bonchev–Trinajstić information content (AvgIpc) is 2.48. The molecule has 0 heterocycles. The Kier molecular flexibility index (Phi) is 9.46. The van der Waals surface area contributed by atoms with Gasteiger partial charge in [0.15, 0.2) is 11.5 Å². The summed E-state index contributed by atoms with van der Waals surface area (Å²) in [7, 11) is 1.66. The molecule has 120 valence electrons. The molecule has 0 bridgehead atoms. The van der Waals surface area contributed by atoms with Crippen LogP contribution in [-0.4, -0.2) is 33.5 Å². The highest BCUT2D eigenvalue weighted by Gasteiger charge is 2.10. The molecule has 1 rings (SSSR count). The first-order valence-electron chi connectivity index (χ1n) is 7.50. The molecule has 0 saturated heterocycles. The van der Waals surface area contributed by atoms with Gasteiger partial charge in [-0.05, 0) is 47.0 Å². The van der Waals surface area contributed by atoms with Crippen LogP contribution in [0.25, 0.3) is 0 Å². The minimum Gasteiger partial charge on any atom is -0.493 e. The molecule has 0 atom stereocenters. The summed E-state index contributed by atoms with van der Waals surface area (Å²) in [5, 5.41) is 3.37. The van der Waals surface area contributed by atoms with E-state index in [2.05, 4.69) is 34.2 Å².